The van der Waals surface area contributed by atoms with Crippen molar-refractivity contribution in [3.63, 3.8) is 0 Å². The summed E-state index contributed by atoms with van der Waals surface area (Å²) in [5.74, 6) is -9.10. The largest absolute Gasteiger partial charge is 0.420 e. The Bertz CT molecular complexity index is 2240. The molecule has 2 aliphatic heterocycles. The zero-order chi connectivity index (χ0) is 59.4. The number of esters is 1. The van der Waals surface area contributed by atoms with Gasteiger partial charge < -0.3 is 73.0 Å². The van der Waals surface area contributed by atoms with Crippen molar-refractivity contribution in [2.45, 2.75) is 72.8 Å². The van der Waals surface area contributed by atoms with E-state index in [1.54, 1.807) is 11.3 Å². The molecule has 2 aliphatic rings. The summed E-state index contributed by atoms with van der Waals surface area (Å²) in [6, 6.07) is 2.06. The molecule has 26 heteroatoms. The lowest BCUT2D eigenvalue weighted by Gasteiger charge is -2.34. The third kappa shape index (κ3) is 29.2. The Hall–Kier alpha value is -4.71. The van der Waals surface area contributed by atoms with E-state index in [0.717, 1.165) is 35.0 Å². The SMILES string of the molecule is CCCN(CCCNC(=O)CC(C)(C)C)C(=O)C1=Cc2sc(CN3CCN(C(=O)CCOCCOCCOCCOCCOCCOCCOCCOCCOCCOCCC(=O)Oc4c(F)c(F)cc(F)c4F)CC3)cc2N=C(N)C1. The maximum Gasteiger partial charge on any atom is 0.313 e. The van der Waals surface area contributed by atoms with E-state index < -0.39 is 41.4 Å². The van der Waals surface area contributed by atoms with Crippen molar-refractivity contribution >= 4 is 52.6 Å². The van der Waals surface area contributed by atoms with Gasteiger partial charge in [-0.3, -0.25) is 24.1 Å². The molecule has 0 saturated carbocycles. The first-order valence-electron chi connectivity index (χ1n) is 28.1. The first kappa shape index (κ1) is 69.8. The number of carbonyl (C=O) groups is 4. The minimum absolute atomic E-state index is 0.0154. The monoisotopic (exact) mass is 1190 g/mol. The number of carbonyl (C=O) groups excluding carboxylic acids is 4. The van der Waals surface area contributed by atoms with Crippen LogP contribution in [0.5, 0.6) is 5.75 Å². The number of hydrogen-bond donors (Lipinski definition) is 2. The van der Waals surface area contributed by atoms with Crippen LogP contribution >= 0.6 is 11.3 Å². The van der Waals surface area contributed by atoms with E-state index >= 15 is 0 Å². The molecule has 3 N–H and O–H groups in total. The molecule has 0 bridgehead atoms. The standard InChI is InChI=1S/C56H86F4N6O15S/c1-5-10-66(11-6-9-62-49(67)40-56(2,3)4)55(70)42-36-47-46(63-48(61)37-42)38-43(82-47)41-64-12-14-65(15-13-64)50(68)7-16-71-18-20-73-22-24-75-26-28-77-30-32-79-34-35-80-33-31-78-29-27-76-25-23-74-21-19-72-17-8-51(69)81-54-52(59)44(57)39-45(58)53(54)60/h36,38-39H,5-35,37,40-41H2,1-4H3,(H2,61,63)(H,62,67). The van der Waals surface area contributed by atoms with Crippen molar-refractivity contribution in [2.24, 2.45) is 16.1 Å². The first-order valence-corrected chi connectivity index (χ1v) is 28.9. The van der Waals surface area contributed by atoms with Gasteiger partial charge in [0.05, 0.1) is 156 Å². The molecule has 0 spiro atoms. The predicted octanol–water partition coefficient (Wildman–Crippen LogP) is 5.46. The molecular weight excluding hydrogens is 1100 g/mol. The second-order valence-electron chi connectivity index (χ2n) is 20.2. The highest BCUT2D eigenvalue weighted by atomic mass is 32.1. The molecule has 1 aromatic heterocycles. The molecule has 0 unspecified atom stereocenters. The summed E-state index contributed by atoms with van der Waals surface area (Å²) in [5, 5.41) is 2.98. The van der Waals surface area contributed by atoms with Crippen LogP contribution in [0.1, 0.15) is 76.0 Å². The number of fused-ring (bicyclic) bond motifs is 1. The quantitative estimate of drug-likeness (QED) is 0.0276. The molecule has 21 nitrogen and oxygen atoms in total. The summed E-state index contributed by atoms with van der Waals surface area (Å²) in [6.45, 7) is 20.0. The van der Waals surface area contributed by atoms with E-state index in [4.69, 9.17) is 53.1 Å². The van der Waals surface area contributed by atoms with Crippen molar-refractivity contribution in [3.05, 3.63) is 50.7 Å². The van der Waals surface area contributed by atoms with Crippen LogP contribution in [-0.4, -0.2) is 222 Å². The van der Waals surface area contributed by atoms with E-state index in [0.29, 0.717) is 176 Å². The summed E-state index contributed by atoms with van der Waals surface area (Å²) in [5.41, 5.74) is 7.64. The van der Waals surface area contributed by atoms with Crippen LogP contribution in [-0.2, 0) is 73.1 Å². The van der Waals surface area contributed by atoms with Gasteiger partial charge >= 0.3 is 5.97 Å². The molecule has 4 rings (SSSR count). The number of amidine groups is 1. The van der Waals surface area contributed by atoms with Gasteiger partial charge in [-0.15, -0.1) is 11.3 Å². The van der Waals surface area contributed by atoms with Gasteiger partial charge in [0, 0.05) is 81.7 Å². The number of halogens is 4. The fourth-order valence-electron chi connectivity index (χ4n) is 8.02. The van der Waals surface area contributed by atoms with Gasteiger partial charge in [0.25, 0.3) is 0 Å². The highest BCUT2D eigenvalue weighted by Gasteiger charge is 2.26. The molecule has 3 heterocycles. The van der Waals surface area contributed by atoms with Gasteiger partial charge in [-0.05, 0) is 30.4 Å². The van der Waals surface area contributed by atoms with E-state index in [-0.39, 0.29) is 62.1 Å². The van der Waals surface area contributed by atoms with Crippen LogP contribution in [0.3, 0.4) is 0 Å². The van der Waals surface area contributed by atoms with Crippen LogP contribution in [0.15, 0.2) is 22.7 Å². The van der Waals surface area contributed by atoms with E-state index in [9.17, 15) is 36.7 Å². The number of nitrogens with zero attached hydrogens (tertiary/aromatic N) is 4. The molecule has 3 amide bonds. The summed E-state index contributed by atoms with van der Waals surface area (Å²) in [7, 11) is 0. The number of nitrogens with two attached hydrogens (primary N) is 1. The number of piperazine rings is 1. The molecule has 1 saturated heterocycles. The van der Waals surface area contributed by atoms with Crippen LogP contribution in [0.4, 0.5) is 23.2 Å². The summed E-state index contributed by atoms with van der Waals surface area (Å²) in [4.78, 5) is 63.5. The first-order chi connectivity index (χ1) is 39.5. The summed E-state index contributed by atoms with van der Waals surface area (Å²) < 4.78 is 113. The lowest BCUT2D eigenvalue weighted by atomic mass is 9.92. The van der Waals surface area contributed by atoms with Crippen molar-refractivity contribution in [1.82, 2.24) is 20.0 Å². The van der Waals surface area contributed by atoms with Crippen LogP contribution in [0.25, 0.3) is 6.08 Å². The zero-order valence-electron chi connectivity index (χ0n) is 48.2. The Kier molecular flexibility index (Phi) is 34.5. The van der Waals surface area contributed by atoms with E-state index in [2.05, 4.69) is 19.9 Å². The third-order valence-corrected chi connectivity index (χ3v) is 13.1. The molecule has 2 aromatic rings. The number of ether oxygens (including phenoxy) is 11. The molecular formula is C56H86F4N6O15S. The lowest BCUT2D eigenvalue weighted by Crippen LogP contribution is -2.48. The van der Waals surface area contributed by atoms with Crippen molar-refractivity contribution in [3.8, 4) is 5.75 Å². The smallest absolute Gasteiger partial charge is 0.313 e. The molecule has 1 aromatic carbocycles. The van der Waals surface area contributed by atoms with Gasteiger partial charge in [0.2, 0.25) is 35.1 Å². The number of rotatable bonds is 44. The topological polar surface area (TPSA) is 230 Å². The highest BCUT2D eigenvalue weighted by Crippen LogP contribution is 2.36. The van der Waals surface area contributed by atoms with E-state index in [1.807, 2.05) is 49.6 Å². The van der Waals surface area contributed by atoms with Gasteiger partial charge in [-0.1, -0.05) is 27.7 Å². The maximum absolute atomic E-state index is 13.8. The molecule has 0 atom stereocenters. The van der Waals surface area contributed by atoms with Crippen molar-refractivity contribution in [2.75, 3.05) is 178 Å². The fourth-order valence-corrected chi connectivity index (χ4v) is 9.13. The van der Waals surface area contributed by atoms with Crippen LogP contribution < -0.4 is 15.8 Å². The zero-order valence-corrected chi connectivity index (χ0v) is 49.0. The number of hydrogen-bond acceptors (Lipinski definition) is 19. The third-order valence-electron chi connectivity index (χ3n) is 12.1. The van der Waals surface area contributed by atoms with Crippen molar-refractivity contribution in [1.29, 1.82) is 0 Å². The van der Waals surface area contributed by atoms with Crippen molar-refractivity contribution < 1.29 is 88.8 Å². The average Bonchev–Trinajstić information content (AvgIpc) is 3.99. The minimum atomic E-state index is -1.80. The predicted molar refractivity (Wildman–Crippen MR) is 298 cm³/mol. The Morgan fingerprint density at radius 3 is 1.59 bits per heavy atom. The Balaban J connectivity index is 0.873. The average molecular weight is 1190 g/mol. The molecule has 0 radical (unpaired) electrons. The van der Waals surface area contributed by atoms with Gasteiger partial charge in [-0.2, -0.15) is 8.78 Å². The Morgan fingerprint density at radius 2 is 1.12 bits per heavy atom. The van der Waals surface area contributed by atoms with E-state index in [1.165, 1.54) is 0 Å². The molecule has 464 valence electrons. The van der Waals surface area contributed by atoms with Crippen LogP contribution in [0.2, 0.25) is 0 Å². The fraction of sp³-hybridized carbons (Fsp3) is 0.696. The second-order valence-corrected chi connectivity index (χ2v) is 21.4. The number of amides is 3. The number of thiophene rings is 1. The summed E-state index contributed by atoms with van der Waals surface area (Å²) in [6.07, 6.45) is 4.04. The second kappa shape index (κ2) is 40.5. The Labute approximate surface area is 483 Å². The van der Waals surface area contributed by atoms with Gasteiger partial charge in [0.1, 0.15) is 5.84 Å². The number of aliphatic imine (C=N–C) groups is 1. The Morgan fingerprint density at radius 1 is 0.659 bits per heavy atom. The molecule has 0 aliphatic carbocycles. The highest BCUT2D eigenvalue weighted by molar-refractivity contribution is 7.13. The number of nitrogens with one attached hydrogen (secondary N) is 1. The lowest BCUT2D eigenvalue weighted by molar-refractivity contribution is -0.136. The normalized spacial score (nSPS) is 13.9. The minimum Gasteiger partial charge on any atom is -0.420 e. The number of benzene rings is 1. The van der Waals surface area contributed by atoms with Crippen LogP contribution in [0, 0.1) is 28.7 Å². The molecule has 1 fully saturated rings. The van der Waals surface area contributed by atoms with Gasteiger partial charge in [0.15, 0.2) is 11.6 Å². The maximum atomic E-state index is 13.8. The van der Waals surface area contributed by atoms with Gasteiger partial charge in [-0.25, -0.2) is 13.8 Å². The molecule has 82 heavy (non-hydrogen) atoms. The summed E-state index contributed by atoms with van der Waals surface area (Å²) >= 11 is 1.61.